The monoisotopic (exact) mass is 369 g/mol. The zero-order chi connectivity index (χ0) is 17.6. The van der Waals surface area contributed by atoms with E-state index in [1.165, 1.54) is 4.88 Å². The number of hydrogen-bond acceptors (Lipinski definition) is 5. The van der Waals surface area contributed by atoms with Crippen molar-refractivity contribution in [3.63, 3.8) is 0 Å². The number of aromatic nitrogens is 1. The summed E-state index contributed by atoms with van der Waals surface area (Å²) in [5.41, 5.74) is 2.96. The molecular formula is C19H19N3OS2. The van der Waals surface area contributed by atoms with E-state index in [0.29, 0.717) is 6.54 Å². The molecule has 6 heteroatoms. The molecule has 128 valence electrons. The highest BCUT2D eigenvalue weighted by Gasteiger charge is 2.09. The lowest BCUT2D eigenvalue weighted by molar-refractivity contribution is 0.414. The van der Waals surface area contributed by atoms with E-state index in [9.17, 15) is 0 Å². The third-order valence-corrected chi connectivity index (χ3v) is 5.30. The maximum atomic E-state index is 5.31. The number of thiazole rings is 1. The molecule has 0 bridgehead atoms. The fourth-order valence-electron chi connectivity index (χ4n) is 2.30. The standard InChI is InChI=1S/C19H19N3OS2/c1-4-10-20-19-22(17(13-25-19)18-9-6-11-24-18)21-14(2)15-7-5-8-16(12-15)23-3/h4-9,11-13H,1,10H2,2-3H3. The van der Waals surface area contributed by atoms with Gasteiger partial charge in [-0.3, -0.25) is 4.99 Å². The van der Waals surface area contributed by atoms with Crippen molar-refractivity contribution in [2.45, 2.75) is 6.92 Å². The lowest BCUT2D eigenvalue weighted by Crippen LogP contribution is -2.14. The summed E-state index contributed by atoms with van der Waals surface area (Å²) < 4.78 is 7.22. The zero-order valence-corrected chi connectivity index (χ0v) is 15.8. The lowest BCUT2D eigenvalue weighted by atomic mass is 10.1. The Bertz CT molecular complexity index is 949. The van der Waals surface area contributed by atoms with Gasteiger partial charge in [-0.25, -0.2) is 4.68 Å². The first-order valence-electron chi connectivity index (χ1n) is 7.78. The maximum absolute atomic E-state index is 5.31. The van der Waals surface area contributed by atoms with Crippen LogP contribution in [0.3, 0.4) is 0 Å². The van der Waals surface area contributed by atoms with Gasteiger partial charge in [-0.05, 0) is 30.5 Å². The molecule has 0 spiro atoms. The summed E-state index contributed by atoms with van der Waals surface area (Å²) in [6.07, 6.45) is 1.79. The van der Waals surface area contributed by atoms with Gasteiger partial charge in [0.1, 0.15) is 5.75 Å². The van der Waals surface area contributed by atoms with Gasteiger partial charge in [0.05, 0.1) is 29.9 Å². The highest BCUT2D eigenvalue weighted by molar-refractivity contribution is 7.14. The van der Waals surface area contributed by atoms with Crippen LogP contribution in [0.4, 0.5) is 0 Å². The van der Waals surface area contributed by atoms with Gasteiger partial charge in [0, 0.05) is 10.9 Å². The molecule has 0 atom stereocenters. The molecule has 4 nitrogen and oxygen atoms in total. The minimum Gasteiger partial charge on any atom is -0.497 e. The Morgan fingerprint density at radius 1 is 1.28 bits per heavy atom. The molecule has 0 aliphatic carbocycles. The van der Waals surface area contributed by atoms with Crippen molar-refractivity contribution >= 4 is 28.4 Å². The number of benzene rings is 1. The van der Waals surface area contributed by atoms with Crippen molar-refractivity contribution in [1.29, 1.82) is 0 Å². The van der Waals surface area contributed by atoms with E-state index in [1.54, 1.807) is 35.9 Å². The second kappa shape index (κ2) is 8.09. The first-order valence-corrected chi connectivity index (χ1v) is 9.54. The summed E-state index contributed by atoms with van der Waals surface area (Å²) in [5.74, 6) is 0.817. The minimum atomic E-state index is 0.568. The Morgan fingerprint density at radius 2 is 2.16 bits per heavy atom. The molecule has 0 fully saturated rings. The lowest BCUT2D eigenvalue weighted by Gasteiger charge is -2.06. The minimum absolute atomic E-state index is 0.568. The Morgan fingerprint density at radius 3 is 2.88 bits per heavy atom. The van der Waals surface area contributed by atoms with Gasteiger partial charge in [-0.2, -0.15) is 5.10 Å². The molecule has 0 unspecified atom stereocenters. The molecule has 1 aromatic carbocycles. The summed E-state index contributed by atoms with van der Waals surface area (Å²) in [5, 5.41) is 9.00. The molecule has 0 saturated carbocycles. The van der Waals surface area contributed by atoms with Crippen LogP contribution in [-0.4, -0.2) is 24.0 Å². The number of methoxy groups -OCH3 is 1. The van der Waals surface area contributed by atoms with Crippen LogP contribution in [0.25, 0.3) is 10.6 Å². The number of rotatable bonds is 6. The fourth-order valence-corrected chi connectivity index (χ4v) is 3.93. The third-order valence-electron chi connectivity index (χ3n) is 3.55. The van der Waals surface area contributed by atoms with Gasteiger partial charge >= 0.3 is 0 Å². The normalized spacial score (nSPS) is 12.4. The topological polar surface area (TPSA) is 38.9 Å². The van der Waals surface area contributed by atoms with Gasteiger partial charge in [-0.15, -0.1) is 29.3 Å². The highest BCUT2D eigenvalue weighted by atomic mass is 32.1. The van der Waals surface area contributed by atoms with Gasteiger partial charge < -0.3 is 4.74 Å². The molecule has 0 N–H and O–H groups in total. The van der Waals surface area contributed by atoms with E-state index in [4.69, 9.17) is 9.84 Å². The number of nitrogens with zero attached hydrogens (tertiary/aromatic N) is 3. The summed E-state index contributed by atoms with van der Waals surface area (Å²) >= 11 is 3.27. The SMILES string of the molecule is C=CCN=c1scc(-c2cccs2)n1N=C(C)c1cccc(OC)c1. The number of hydrogen-bond donors (Lipinski definition) is 0. The Hall–Kier alpha value is -2.44. The van der Waals surface area contributed by atoms with E-state index < -0.39 is 0 Å². The van der Waals surface area contributed by atoms with Crippen LogP contribution >= 0.6 is 22.7 Å². The second-order valence-electron chi connectivity index (χ2n) is 5.24. The van der Waals surface area contributed by atoms with Crippen molar-refractivity contribution in [1.82, 2.24) is 4.68 Å². The van der Waals surface area contributed by atoms with Crippen LogP contribution in [0.5, 0.6) is 5.75 Å². The largest absolute Gasteiger partial charge is 0.497 e. The molecule has 25 heavy (non-hydrogen) atoms. The van der Waals surface area contributed by atoms with Gasteiger partial charge in [-0.1, -0.05) is 24.3 Å². The summed E-state index contributed by atoms with van der Waals surface area (Å²) in [4.78, 5) is 6.59. The van der Waals surface area contributed by atoms with E-state index in [1.807, 2.05) is 41.9 Å². The van der Waals surface area contributed by atoms with Crippen molar-refractivity contribution in [2.24, 2.45) is 10.1 Å². The van der Waals surface area contributed by atoms with Crippen LogP contribution in [0, 0.1) is 0 Å². The fraction of sp³-hybridized carbons (Fsp3) is 0.158. The third kappa shape index (κ3) is 3.97. The van der Waals surface area contributed by atoms with Crippen LogP contribution in [-0.2, 0) is 0 Å². The molecule has 3 aromatic rings. The predicted molar refractivity (Wildman–Crippen MR) is 107 cm³/mol. The summed E-state index contributed by atoms with van der Waals surface area (Å²) in [7, 11) is 1.67. The maximum Gasteiger partial charge on any atom is 0.206 e. The van der Waals surface area contributed by atoms with Crippen molar-refractivity contribution < 1.29 is 4.74 Å². The van der Waals surface area contributed by atoms with E-state index in [2.05, 4.69) is 28.4 Å². The molecule has 0 aliphatic rings. The number of ether oxygens (including phenoxy) is 1. The molecule has 2 heterocycles. The van der Waals surface area contributed by atoms with Crippen molar-refractivity contribution in [3.8, 4) is 16.3 Å². The van der Waals surface area contributed by atoms with E-state index in [0.717, 1.165) is 27.5 Å². The molecule has 2 aromatic heterocycles. The Labute approximate surface area is 155 Å². The molecule has 0 saturated heterocycles. The molecule has 0 aliphatic heterocycles. The Kier molecular flexibility index (Phi) is 5.63. The van der Waals surface area contributed by atoms with Crippen molar-refractivity contribution in [2.75, 3.05) is 13.7 Å². The smallest absolute Gasteiger partial charge is 0.206 e. The van der Waals surface area contributed by atoms with Gasteiger partial charge in [0.25, 0.3) is 0 Å². The average Bonchev–Trinajstić information content (AvgIpc) is 3.30. The first-order chi connectivity index (χ1) is 12.2. The zero-order valence-electron chi connectivity index (χ0n) is 14.2. The van der Waals surface area contributed by atoms with Crippen LogP contribution in [0.2, 0.25) is 0 Å². The second-order valence-corrected chi connectivity index (χ2v) is 7.02. The summed E-state index contributed by atoms with van der Waals surface area (Å²) in [6.45, 7) is 6.31. The van der Waals surface area contributed by atoms with Crippen LogP contribution in [0.1, 0.15) is 12.5 Å². The average molecular weight is 370 g/mol. The van der Waals surface area contributed by atoms with Crippen LogP contribution < -0.4 is 9.54 Å². The first kappa shape index (κ1) is 17.4. The Balaban J connectivity index is 2.10. The predicted octanol–water partition coefficient (Wildman–Crippen LogP) is 4.65. The molecule has 0 amide bonds. The number of thiophene rings is 1. The quantitative estimate of drug-likeness (QED) is 0.461. The van der Waals surface area contributed by atoms with Gasteiger partial charge in [0.15, 0.2) is 0 Å². The summed E-state index contributed by atoms with van der Waals surface area (Å²) in [6, 6.07) is 12.0. The molecule has 3 rings (SSSR count). The van der Waals surface area contributed by atoms with Crippen molar-refractivity contribution in [3.05, 3.63) is 70.2 Å². The van der Waals surface area contributed by atoms with E-state index in [-0.39, 0.29) is 0 Å². The highest BCUT2D eigenvalue weighted by Crippen LogP contribution is 2.25. The van der Waals surface area contributed by atoms with Crippen LogP contribution in [0.15, 0.2) is 69.9 Å². The molecule has 0 radical (unpaired) electrons. The molecular weight excluding hydrogens is 350 g/mol. The van der Waals surface area contributed by atoms with E-state index >= 15 is 0 Å². The van der Waals surface area contributed by atoms with Gasteiger partial charge in [0.2, 0.25) is 4.80 Å².